The third kappa shape index (κ3) is 2.65. The molecule has 28 heavy (non-hydrogen) atoms. The first-order valence-electron chi connectivity index (χ1n) is 9.94. The summed E-state index contributed by atoms with van der Waals surface area (Å²) >= 11 is 0. The molecule has 1 aliphatic heterocycles. The SMILES string of the molecule is O=C(CCN1C(=O)[C@@H]2[C@H](C1=O)[C@H]1C=C[C@H]2CC1)Nc1cccc2ccccc12. The van der Waals surface area contributed by atoms with Crippen LogP contribution >= 0.6 is 0 Å². The van der Waals surface area contributed by atoms with Crippen molar-refractivity contribution in [2.24, 2.45) is 23.7 Å². The zero-order valence-corrected chi connectivity index (χ0v) is 15.5. The maximum Gasteiger partial charge on any atom is 0.233 e. The van der Waals surface area contributed by atoms with Crippen LogP contribution in [0.5, 0.6) is 0 Å². The van der Waals surface area contributed by atoms with Gasteiger partial charge in [0.15, 0.2) is 0 Å². The van der Waals surface area contributed by atoms with Crippen molar-refractivity contribution in [3.63, 3.8) is 0 Å². The minimum atomic E-state index is -0.211. The van der Waals surface area contributed by atoms with Crippen LogP contribution in [0.15, 0.2) is 54.6 Å². The highest BCUT2D eigenvalue weighted by atomic mass is 16.2. The summed E-state index contributed by atoms with van der Waals surface area (Å²) in [6, 6.07) is 13.6. The second-order valence-electron chi connectivity index (χ2n) is 7.99. The van der Waals surface area contributed by atoms with Gasteiger partial charge in [-0.1, -0.05) is 48.6 Å². The second kappa shape index (κ2) is 6.59. The Balaban J connectivity index is 1.27. The van der Waals surface area contributed by atoms with E-state index in [1.54, 1.807) is 0 Å². The van der Waals surface area contributed by atoms with Crippen molar-refractivity contribution in [2.75, 3.05) is 11.9 Å². The second-order valence-corrected chi connectivity index (χ2v) is 7.99. The molecular weight excluding hydrogens is 352 g/mol. The van der Waals surface area contributed by atoms with Gasteiger partial charge in [0.05, 0.1) is 11.8 Å². The van der Waals surface area contributed by atoms with E-state index < -0.39 is 0 Å². The Labute approximate surface area is 163 Å². The number of imide groups is 1. The first kappa shape index (κ1) is 17.2. The number of nitrogens with zero attached hydrogens (tertiary/aromatic N) is 1. The summed E-state index contributed by atoms with van der Waals surface area (Å²) < 4.78 is 0. The van der Waals surface area contributed by atoms with Crippen LogP contribution in [-0.2, 0) is 14.4 Å². The molecule has 2 aromatic carbocycles. The van der Waals surface area contributed by atoms with Crippen molar-refractivity contribution in [2.45, 2.75) is 19.3 Å². The highest BCUT2D eigenvalue weighted by Crippen LogP contribution is 2.49. The fourth-order valence-corrected chi connectivity index (χ4v) is 5.12. The summed E-state index contributed by atoms with van der Waals surface area (Å²) in [4.78, 5) is 39.5. The molecule has 3 aliphatic carbocycles. The van der Waals surface area contributed by atoms with Gasteiger partial charge in [0.1, 0.15) is 0 Å². The van der Waals surface area contributed by atoms with Crippen LogP contribution in [0.2, 0.25) is 0 Å². The van der Waals surface area contributed by atoms with Crippen LogP contribution < -0.4 is 5.32 Å². The van der Waals surface area contributed by atoms with E-state index >= 15 is 0 Å². The largest absolute Gasteiger partial charge is 0.325 e. The van der Waals surface area contributed by atoms with E-state index in [4.69, 9.17) is 0 Å². The van der Waals surface area contributed by atoms with E-state index in [9.17, 15) is 14.4 Å². The molecule has 5 nitrogen and oxygen atoms in total. The fraction of sp³-hybridized carbons (Fsp3) is 0.348. The van der Waals surface area contributed by atoms with Gasteiger partial charge in [-0.15, -0.1) is 0 Å². The van der Waals surface area contributed by atoms with Gasteiger partial charge in [0, 0.05) is 24.0 Å². The summed E-state index contributed by atoms with van der Waals surface area (Å²) in [5.74, 6) is -0.427. The highest BCUT2D eigenvalue weighted by Gasteiger charge is 2.56. The first-order chi connectivity index (χ1) is 13.6. The number of rotatable bonds is 4. The minimum Gasteiger partial charge on any atom is -0.325 e. The zero-order chi connectivity index (χ0) is 19.3. The third-order valence-electron chi connectivity index (χ3n) is 6.48. The predicted octanol–water partition coefficient (Wildman–Crippen LogP) is 3.37. The zero-order valence-electron chi connectivity index (χ0n) is 15.5. The number of allylic oxidation sites excluding steroid dienone is 2. The molecule has 1 saturated carbocycles. The molecule has 2 bridgehead atoms. The van der Waals surface area contributed by atoms with Crippen LogP contribution in [0, 0.1) is 23.7 Å². The van der Waals surface area contributed by atoms with Gasteiger partial charge in [0.25, 0.3) is 0 Å². The fourth-order valence-electron chi connectivity index (χ4n) is 5.12. The molecule has 1 saturated heterocycles. The number of carbonyl (C=O) groups is 3. The first-order valence-corrected chi connectivity index (χ1v) is 9.94. The van der Waals surface area contributed by atoms with Crippen LogP contribution in [0.1, 0.15) is 19.3 Å². The van der Waals surface area contributed by atoms with E-state index in [0.29, 0.717) is 0 Å². The predicted molar refractivity (Wildman–Crippen MR) is 106 cm³/mol. The Morgan fingerprint density at radius 3 is 2.25 bits per heavy atom. The lowest BCUT2D eigenvalue weighted by Crippen LogP contribution is -2.38. The van der Waals surface area contributed by atoms with Gasteiger partial charge >= 0.3 is 0 Å². The molecule has 6 rings (SSSR count). The van der Waals surface area contributed by atoms with Crippen molar-refractivity contribution in [1.82, 2.24) is 4.90 Å². The molecule has 0 aromatic heterocycles. The van der Waals surface area contributed by atoms with Gasteiger partial charge < -0.3 is 5.32 Å². The lowest BCUT2D eigenvalue weighted by molar-refractivity contribution is -0.140. The molecule has 2 fully saturated rings. The van der Waals surface area contributed by atoms with Crippen LogP contribution in [-0.4, -0.2) is 29.2 Å². The normalized spacial score (nSPS) is 28.1. The van der Waals surface area contributed by atoms with E-state index in [-0.39, 0.29) is 54.4 Å². The molecule has 0 unspecified atom stereocenters. The molecule has 0 radical (unpaired) electrons. The summed E-state index contributed by atoms with van der Waals surface area (Å²) in [5.41, 5.74) is 0.748. The molecule has 4 atom stereocenters. The Morgan fingerprint density at radius 1 is 0.929 bits per heavy atom. The average molecular weight is 374 g/mol. The smallest absolute Gasteiger partial charge is 0.233 e. The van der Waals surface area contributed by atoms with Gasteiger partial charge in [-0.05, 0) is 36.1 Å². The van der Waals surface area contributed by atoms with Crippen LogP contribution in [0.25, 0.3) is 10.8 Å². The number of likely N-dealkylation sites (tertiary alicyclic amines) is 1. The van der Waals surface area contributed by atoms with Gasteiger partial charge in [-0.2, -0.15) is 0 Å². The Hall–Kier alpha value is -2.95. The summed E-state index contributed by atoms with van der Waals surface area (Å²) in [6.07, 6.45) is 6.30. The minimum absolute atomic E-state index is 0.0907. The maximum absolute atomic E-state index is 12.8. The molecular formula is C23H22N2O3. The number of hydrogen-bond acceptors (Lipinski definition) is 3. The molecule has 3 amide bonds. The topological polar surface area (TPSA) is 66.5 Å². The van der Waals surface area contributed by atoms with Crippen molar-refractivity contribution in [3.05, 3.63) is 54.6 Å². The van der Waals surface area contributed by atoms with Crippen LogP contribution in [0.3, 0.4) is 0 Å². The Bertz CT molecular complexity index is 975. The van der Waals surface area contributed by atoms with Gasteiger partial charge in [0.2, 0.25) is 17.7 Å². The van der Waals surface area contributed by atoms with Gasteiger partial charge in [-0.3, -0.25) is 19.3 Å². The number of fused-ring (bicyclic) bond motifs is 2. The van der Waals surface area contributed by atoms with Crippen molar-refractivity contribution < 1.29 is 14.4 Å². The Kier molecular flexibility index (Phi) is 4.04. The highest BCUT2D eigenvalue weighted by molar-refractivity contribution is 6.07. The molecule has 142 valence electrons. The lowest BCUT2D eigenvalue weighted by atomic mass is 9.63. The molecule has 2 aromatic rings. The van der Waals surface area contributed by atoms with E-state index in [0.717, 1.165) is 29.3 Å². The number of anilines is 1. The summed E-state index contributed by atoms with van der Waals surface area (Å²) in [7, 11) is 0. The van der Waals surface area contributed by atoms with E-state index in [1.165, 1.54) is 4.90 Å². The molecule has 4 aliphatic rings. The number of carbonyl (C=O) groups excluding carboxylic acids is 3. The number of benzene rings is 2. The molecule has 0 spiro atoms. The Morgan fingerprint density at radius 2 is 1.57 bits per heavy atom. The van der Waals surface area contributed by atoms with E-state index in [2.05, 4.69) is 17.5 Å². The molecule has 5 heteroatoms. The molecule has 1 N–H and O–H groups in total. The summed E-state index contributed by atoms with van der Waals surface area (Å²) in [5, 5.41) is 4.96. The average Bonchev–Trinajstić information content (AvgIpc) is 3.00. The lowest BCUT2D eigenvalue weighted by Gasteiger charge is -2.38. The van der Waals surface area contributed by atoms with Crippen molar-refractivity contribution in [3.8, 4) is 0 Å². The van der Waals surface area contributed by atoms with Crippen LogP contribution in [0.4, 0.5) is 5.69 Å². The number of hydrogen-bond donors (Lipinski definition) is 1. The van der Waals surface area contributed by atoms with Crippen molar-refractivity contribution in [1.29, 1.82) is 0 Å². The maximum atomic E-state index is 12.8. The summed E-state index contributed by atoms with van der Waals surface area (Å²) in [6.45, 7) is 0.153. The quantitative estimate of drug-likeness (QED) is 0.659. The standard InChI is InChI=1S/C23H22N2O3/c26-19(24-18-7-3-5-14-4-1-2-6-17(14)18)12-13-25-22(27)20-15-8-9-16(11-10-15)21(20)23(25)28/h1-9,15-16,20-21H,10-13H2,(H,24,26)/t15-,16-,20-,21+/m0/s1. The number of nitrogens with one attached hydrogen (secondary N) is 1. The van der Waals surface area contributed by atoms with E-state index in [1.807, 2.05) is 42.5 Å². The third-order valence-corrected chi connectivity index (χ3v) is 6.48. The number of amides is 3. The molecule has 1 heterocycles. The monoisotopic (exact) mass is 374 g/mol. The van der Waals surface area contributed by atoms with Crippen molar-refractivity contribution >= 4 is 34.2 Å². The van der Waals surface area contributed by atoms with Gasteiger partial charge in [-0.25, -0.2) is 0 Å².